The molecule has 0 radical (unpaired) electrons. The van der Waals surface area contributed by atoms with Gasteiger partial charge in [-0.3, -0.25) is 10.1 Å². The summed E-state index contributed by atoms with van der Waals surface area (Å²) in [5, 5.41) is 3.75. The molecule has 4 aromatic carbocycles. The number of carbonyl (C=O) groups is 1. The van der Waals surface area contributed by atoms with E-state index in [4.69, 9.17) is 4.74 Å². The van der Waals surface area contributed by atoms with E-state index in [1.165, 1.54) is 0 Å². The Hall–Kier alpha value is -2.96. The third-order valence-electron chi connectivity index (χ3n) is 5.65. The highest BCUT2D eigenvalue weighted by atomic mass is 127. The van der Waals surface area contributed by atoms with E-state index in [0.717, 1.165) is 22.3 Å². The average molecular weight is 547 g/mol. The Kier molecular flexibility index (Phi) is 7.92. The van der Waals surface area contributed by atoms with Crippen molar-refractivity contribution >= 4 is 28.6 Å². The molecule has 0 heterocycles. The molecule has 1 atom stereocenters. The summed E-state index contributed by atoms with van der Waals surface area (Å²) < 4.78 is 5.24. The van der Waals surface area contributed by atoms with Gasteiger partial charge in [0.25, 0.3) is 0 Å². The molecular formula is C29H26INO2. The topological polar surface area (TPSA) is 38.3 Å². The van der Waals surface area contributed by atoms with E-state index in [9.17, 15) is 4.79 Å². The summed E-state index contributed by atoms with van der Waals surface area (Å²) in [6, 6.07) is 40.9. The molecule has 4 heteroatoms. The molecule has 0 amide bonds. The number of rotatable bonds is 9. The summed E-state index contributed by atoms with van der Waals surface area (Å²) in [5.74, 6) is -0.227. The van der Waals surface area contributed by atoms with Gasteiger partial charge in [0.1, 0.15) is 10.5 Å². The van der Waals surface area contributed by atoms with Gasteiger partial charge in [0.05, 0.1) is 5.54 Å². The maximum Gasteiger partial charge on any atom is 0.320 e. The van der Waals surface area contributed by atoms with Gasteiger partial charge in [-0.2, -0.15) is 0 Å². The lowest BCUT2D eigenvalue weighted by atomic mass is 9.77. The van der Waals surface area contributed by atoms with Crippen molar-refractivity contribution in [2.24, 2.45) is 0 Å². The monoisotopic (exact) mass is 547 g/mol. The van der Waals surface area contributed by atoms with Crippen LogP contribution in [0.3, 0.4) is 0 Å². The first-order valence-corrected chi connectivity index (χ1v) is 12.2. The Morgan fingerprint density at radius 2 is 1.09 bits per heavy atom. The van der Waals surface area contributed by atoms with Crippen LogP contribution >= 0.6 is 22.6 Å². The number of carbonyl (C=O) groups excluding carboxylic acids is 1. The average Bonchev–Trinajstić information content (AvgIpc) is 2.90. The standard InChI is InChI=1S/C29H26INO2/c30-27(28(32)33-22-23-13-5-1-6-14-23)21-31-29(24-15-7-2-8-16-24,25-17-9-3-10-18-25)26-19-11-4-12-20-26/h1-20,27,31H,21-22H2. The van der Waals surface area contributed by atoms with Gasteiger partial charge >= 0.3 is 5.97 Å². The van der Waals surface area contributed by atoms with Crippen LogP contribution in [0.5, 0.6) is 0 Å². The van der Waals surface area contributed by atoms with Crippen molar-refractivity contribution < 1.29 is 9.53 Å². The van der Waals surface area contributed by atoms with E-state index < -0.39 is 5.54 Å². The Balaban J connectivity index is 1.62. The predicted molar refractivity (Wildman–Crippen MR) is 141 cm³/mol. The van der Waals surface area contributed by atoms with Crippen LogP contribution in [0, 0.1) is 0 Å². The number of ether oxygens (including phenoxy) is 1. The van der Waals surface area contributed by atoms with Gasteiger partial charge in [0.15, 0.2) is 0 Å². The van der Waals surface area contributed by atoms with Crippen molar-refractivity contribution in [1.82, 2.24) is 5.32 Å². The highest BCUT2D eigenvalue weighted by molar-refractivity contribution is 14.1. The molecule has 0 bridgehead atoms. The van der Waals surface area contributed by atoms with E-state index in [1.807, 2.05) is 84.9 Å². The summed E-state index contributed by atoms with van der Waals surface area (Å²) in [5.41, 5.74) is 3.72. The zero-order valence-corrected chi connectivity index (χ0v) is 20.4. The summed E-state index contributed by atoms with van der Waals surface area (Å²) >= 11 is 2.17. The van der Waals surface area contributed by atoms with Crippen molar-refractivity contribution in [3.8, 4) is 0 Å². The fraction of sp³-hybridized carbons (Fsp3) is 0.138. The van der Waals surface area contributed by atoms with Crippen molar-refractivity contribution in [3.05, 3.63) is 144 Å². The van der Waals surface area contributed by atoms with Crippen molar-refractivity contribution in [1.29, 1.82) is 0 Å². The second-order valence-corrected chi connectivity index (χ2v) is 9.29. The number of halogens is 1. The molecule has 166 valence electrons. The molecule has 0 saturated carbocycles. The Bertz CT molecular complexity index is 1040. The molecule has 0 fully saturated rings. The largest absolute Gasteiger partial charge is 0.460 e. The van der Waals surface area contributed by atoms with E-state index in [1.54, 1.807) is 0 Å². The molecule has 0 aliphatic carbocycles. The van der Waals surface area contributed by atoms with E-state index in [0.29, 0.717) is 6.54 Å². The lowest BCUT2D eigenvalue weighted by Crippen LogP contribution is -2.48. The molecule has 0 aromatic heterocycles. The van der Waals surface area contributed by atoms with Gasteiger partial charge in [0, 0.05) is 6.54 Å². The van der Waals surface area contributed by atoms with Crippen molar-refractivity contribution in [3.63, 3.8) is 0 Å². The summed E-state index contributed by atoms with van der Waals surface area (Å²) in [6.45, 7) is 0.729. The molecule has 1 N–H and O–H groups in total. The van der Waals surface area contributed by atoms with Gasteiger partial charge in [-0.05, 0) is 22.3 Å². The van der Waals surface area contributed by atoms with Crippen LogP contribution in [0.25, 0.3) is 0 Å². The van der Waals surface area contributed by atoms with Gasteiger partial charge in [0.2, 0.25) is 0 Å². The Labute approximate surface area is 209 Å². The van der Waals surface area contributed by atoms with Gasteiger partial charge in [-0.15, -0.1) is 0 Å². The quantitative estimate of drug-likeness (QED) is 0.119. The molecule has 4 aromatic rings. The Morgan fingerprint density at radius 1 is 0.697 bits per heavy atom. The van der Waals surface area contributed by atoms with Crippen LogP contribution in [-0.2, 0) is 21.7 Å². The fourth-order valence-electron chi connectivity index (χ4n) is 4.02. The summed E-state index contributed by atoms with van der Waals surface area (Å²) in [6.07, 6.45) is 0. The van der Waals surface area contributed by atoms with Gasteiger partial charge in [-0.25, -0.2) is 0 Å². The lowest BCUT2D eigenvalue weighted by molar-refractivity contribution is -0.143. The first kappa shape index (κ1) is 23.2. The van der Waals surface area contributed by atoms with Crippen LogP contribution in [-0.4, -0.2) is 16.4 Å². The van der Waals surface area contributed by atoms with E-state index in [2.05, 4.69) is 64.3 Å². The molecule has 1 unspecified atom stereocenters. The van der Waals surface area contributed by atoms with Crippen molar-refractivity contribution in [2.75, 3.05) is 6.54 Å². The first-order chi connectivity index (χ1) is 16.2. The normalized spacial score (nSPS) is 12.2. The molecule has 33 heavy (non-hydrogen) atoms. The predicted octanol–water partition coefficient (Wildman–Crippen LogP) is 6.12. The SMILES string of the molecule is O=C(OCc1ccccc1)C(I)CNC(c1ccccc1)(c1ccccc1)c1ccccc1. The highest BCUT2D eigenvalue weighted by Crippen LogP contribution is 2.36. The number of alkyl halides is 1. The summed E-state index contributed by atoms with van der Waals surface area (Å²) in [7, 11) is 0. The zero-order chi connectivity index (χ0) is 22.9. The van der Waals surface area contributed by atoms with Gasteiger partial charge in [-0.1, -0.05) is 144 Å². The van der Waals surface area contributed by atoms with Crippen LogP contribution in [0.15, 0.2) is 121 Å². The first-order valence-electron chi connectivity index (χ1n) is 11.0. The zero-order valence-electron chi connectivity index (χ0n) is 18.2. The number of benzene rings is 4. The Morgan fingerprint density at radius 3 is 1.52 bits per heavy atom. The van der Waals surface area contributed by atoms with Crippen molar-refractivity contribution in [2.45, 2.75) is 16.1 Å². The van der Waals surface area contributed by atoms with E-state index in [-0.39, 0.29) is 16.5 Å². The minimum atomic E-state index is -0.604. The van der Waals surface area contributed by atoms with Gasteiger partial charge < -0.3 is 4.74 Å². The third kappa shape index (κ3) is 5.52. The second kappa shape index (κ2) is 11.3. The molecule has 0 aliphatic rings. The number of nitrogens with one attached hydrogen (secondary N) is 1. The number of hydrogen-bond donors (Lipinski definition) is 1. The fourth-order valence-corrected chi connectivity index (χ4v) is 4.42. The maximum atomic E-state index is 12.8. The smallest absolute Gasteiger partial charge is 0.320 e. The molecule has 3 nitrogen and oxygen atoms in total. The van der Waals surface area contributed by atoms with Crippen LogP contribution < -0.4 is 5.32 Å². The van der Waals surface area contributed by atoms with Crippen LogP contribution in [0.4, 0.5) is 0 Å². The third-order valence-corrected chi connectivity index (χ3v) is 6.60. The molecular weight excluding hydrogens is 521 g/mol. The molecule has 4 rings (SSSR count). The highest BCUT2D eigenvalue weighted by Gasteiger charge is 2.36. The van der Waals surface area contributed by atoms with Crippen LogP contribution in [0.2, 0.25) is 0 Å². The minimum Gasteiger partial charge on any atom is -0.460 e. The number of esters is 1. The molecule has 0 saturated heterocycles. The van der Waals surface area contributed by atoms with Crippen LogP contribution in [0.1, 0.15) is 22.3 Å². The molecule has 0 spiro atoms. The summed E-state index contributed by atoms with van der Waals surface area (Å²) in [4.78, 5) is 12.8. The number of hydrogen-bond acceptors (Lipinski definition) is 3. The molecule has 0 aliphatic heterocycles. The second-order valence-electron chi connectivity index (χ2n) is 7.79. The minimum absolute atomic E-state index is 0.227. The maximum absolute atomic E-state index is 12.8. The van der Waals surface area contributed by atoms with E-state index >= 15 is 0 Å². The lowest BCUT2D eigenvalue weighted by Gasteiger charge is -2.37.